The van der Waals surface area contributed by atoms with Crippen LogP contribution < -0.4 is 5.32 Å². The molecule has 0 radical (unpaired) electrons. The number of carbonyl (C=O) groups is 2. The molecule has 100 valence electrons. The van der Waals surface area contributed by atoms with Crippen molar-refractivity contribution in [3.8, 4) is 0 Å². The number of Topliss-reactive ketones (excluding diaryl/α,β-unsaturated/α-hetero) is 1. The predicted molar refractivity (Wildman–Crippen MR) is 71.0 cm³/mol. The van der Waals surface area contributed by atoms with Crippen molar-refractivity contribution >= 4 is 11.7 Å². The normalized spacial score (nSPS) is 33.1. The van der Waals surface area contributed by atoms with E-state index in [1.807, 2.05) is 6.92 Å². The van der Waals surface area contributed by atoms with Gasteiger partial charge < -0.3 is 5.32 Å². The van der Waals surface area contributed by atoms with E-state index in [4.69, 9.17) is 0 Å². The van der Waals surface area contributed by atoms with Gasteiger partial charge in [0, 0.05) is 25.3 Å². The molecule has 2 aliphatic rings. The first-order valence-electron chi connectivity index (χ1n) is 6.97. The molecule has 0 saturated heterocycles. The molecule has 18 heavy (non-hydrogen) atoms. The van der Waals surface area contributed by atoms with Gasteiger partial charge in [-0.25, -0.2) is 0 Å². The van der Waals surface area contributed by atoms with Gasteiger partial charge in [-0.15, -0.1) is 0 Å². The van der Waals surface area contributed by atoms with E-state index < -0.39 is 0 Å². The molecule has 2 aliphatic carbocycles. The van der Waals surface area contributed by atoms with E-state index in [2.05, 4.69) is 11.9 Å². The van der Waals surface area contributed by atoms with Gasteiger partial charge in [0.05, 0.1) is 0 Å². The van der Waals surface area contributed by atoms with Crippen LogP contribution in [0.1, 0.15) is 46.0 Å². The van der Waals surface area contributed by atoms with Crippen molar-refractivity contribution in [3.05, 3.63) is 12.2 Å². The predicted octanol–water partition coefficient (Wildman–Crippen LogP) is 2.46. The monoisotopic (exact) mass is 249 g/mol. The third kappa shape index (κ3) is 2.65. The largest absolute Gasteiger partial charge is 0.353 e. The van der Waals surface area contributed by atoms with E-state index in [9.17, 15) is 9.59 Å². The zero-order valence-electron chi connectivity index (χ0n) is 11.4. The van der Waals surface area contributed by atoms with Crippen molar-refractivity contribution < 1.29 is 9.59 Å². The number of amides is 1. The van der Waals surface area contributed by atoms with Crippen LogP contribution >= 0.6 is 0 Å². The van der Waals surface area contributed by atoms with Gasteiger partial charge in [0.25, 0.3) is 0 Å². The Bertz CT molecular complexity index is 371. The second-order valence-corrected chi connectivity index (χ2v) is 5.93. The Balaban J connectivity index is 2.16. The lowest BCUT2D eigenvalue weighted by Gasteiger charge is -2.43. The van der Waals surface area contributed by atoms with E-state index in [0.29, 0.717) is 24.0 Å². The molecular weight excluding hydrogens is 226 g/mol. The average Bonchev–Trinajstić information content (AvgIpc) is 2.25. The van der Waals surface area contributed by atoms with Crippen LogP contribution in [0.25, 0.3) is 0 Å². The first-order chi connectivity index (χ1) is 8.51. The Labute approximate surface area is 109 Å². The van der Waals surface area contributed by atoms with Crippen LogP contribution in [-0.2, 0) is 9.59 Å². The molecule has 1 amide bonds. The van der Waals surface area contributed by atoms with Crippen molar-refractivity contribution in [3.63, 3.8) is 0 Å². The lowest BCUT2D eigenvalue weighted by molar-refractivity contribution is -0.131. The highest BCUT2D eigenvalue weighted by atomic mass is 16.1. The Morgan fingerprint density at radius 3 is 2.78 bits per heavy atom. The van der Waals surface area contributed by atoms with Crippen molar-refractivity contribution in [1.82, 2.24) is 5.32 Å². The lowest BCUT2D eigenvalue weighted by atomic mass is 9.63. The molecule has 3 nitrogen and oxygen atoms in total. The molecule has 2 saturated carbocycles. The summed E-state index contributed by atoms with van der Waals surface area (Å²) in [7, 11) is 0. The summed E-state index contributed by atoms with van der Waals surface area (Å²) < 4.78 is 0. The van der Waals surface area contributed by atoms with Crippen LogP contribution in [0.4, 0.5) is 0 Å². The topological polar surface area (TPSA) is 46.2 Å². The molecule has 0 spiro atoms. The molecule has 3 heteroatoms. The van der Waals surface area contributed by atoms with Crippen LogP contribution in [0.3, 0.4) is 0 Å². The summed E-state index contributed by atoms with van der Waals surface area (Å²) >= 11 is 0. The minimum atomic E-state index is -0.0357. The minimum absolute atomic E-state index is 0.00634. The van der Waals surface area contributed by atoms with Gasteiger partial charge >= 0.3 is 0 Å². The van der Waals surface area contributed by atoms with E-state index in [1.54, 1.807) is 0 Å². The van der Waals surface area contributed by atoms with Crippen molar-refractivity contribution in [2.75, 3.05) is 0 Å². The van der Waals surface area contributed by atoms with Gasteiger partial charge in [-0.2, -0.15) is 0 Å². The van der Waals surface area contributed by atoms with Gasteiger partial charge in [-0.3, -0.25) is 9.59 Å². The SMILES string of the molecule is C=C1CC2C[C@H](C1)CC(=O)[C@@H]2[C@@H](CC)NC(C)=O. The van der Waals surface area contributed by atoms with Crippen LogP contribution in [0, 0.1) is 17.8 Å². The highest BCUT2D eigenvalue weighted by molar-refractivity contribution is 5.84. The van der Waals surface area contributed by atoms with Crippen LogP contribution in [0.15, 0.2) is 12.2 Å². The van der Waals surface area contributed by atoms with Gasteiger partial charge in [-0.05, 0) is 37.5 Å². The molecule has 2 fully saturated rings. The Kier molecular flexibility index (Phi) is 3.88. The summed E-state index contributed by atoms with van der Waals surface area (Å²) in [5.41, 5.74) is 1.28. The number of ketones is 1. The van der Waals surface area contributed by atoms with Crippen LogP contribution in [-0.4, -0.2) is 17.7 Å². The minimum Gasteiger partial charge on any atom is -0.353 e. The highest BCUT2D eigenvalue weighted by Crippen LogP contribution is 2.44. The second kappa shape index (κ2) is 5.25. The van der Waals surface area contributed by atoms with E-state index >= 15 is 0 Å². The number of nitrogens with one attached hydrogen (secondary N) is 1. The lowest BCUT2D eigenvalue weighted by Crippen LogP contribution is -2.49. The Hall–Kier alpha value is -1.12. The van der Waals surface area contributed by atoms with Gasteiger partial charge in [0.15, 0.2) is 0 Å². The Morgan fingerprint density at radius 1 is 1.44 bits per heavy atom. The number of fused-ring (bicyclic) bond motifs is 2. The molecule has 0 heterocycles. The van der Waals surface area contributed by atoms with Crippen LogP contribution in [0.2, 0.25) is 0 Å². The third-order valence-corrected chi connectivity index (χ3v) is 4.40. The molecule has 0 aromatic heterocycles. The summed E-state index contributed by atoms with van der Waals surface area (Å²) in [4.78, 5) is 23.6. The maximum absolute atomic E-state index is 12.3. The molecule has 2 rings (SSSR count). The van der Waals surface area contributed by atoms with Gasteiger partial charge in [0.1, 0.15) is 5.78 Å². The molecule has 2 bridgehead atoms. The van der Waals surface area contributed by atoms with Crippen molar-refractivity contribution in [2.45, 2.75) is 52.0 Å². The van der Waals surface area contributed by atoms with E-state index in [-0.39, 0.29) is 17.9 Å². The van der Waals surface area contributed by atoms with E-state index in [0.717, 1.165) is 25.7 Å². The first kappa shape index (κ1) is 13.3. The van der Waals surface area contributed by atoms with Crippen molar-refractivity contribution in [1.29, 1.82) is 0 Å². The molecule has 0 aromatic carbocycles. The van der Waals surface area contributed by atoms with Gasteiger partial charge in [0.2, 0.25) is 5.91 Å². The quantitative estimate of drug-likeness (QED) is 0.781. The first-order valence-corrected chi connectivity index (χ1v) is 6.97. The fraction of sp³-hybridized carbons (Fsp3) is 0.733. The van der Waals surface area contributed by atoms with Crippen molar-refractivity contribution in [2.24, 2.45) is 17.8 Å². The number of carbonyl (C=O) groups excluding carboxylic acids is 2. The maximum Gasteiger partial charge on any atom is 0.217 e. The summed E-state index contributed by atoms with van der Waals surface area (Å²) in [5, 5.41) is 2.96. The summed E-state index contributed by atoms with van der Waals surface area (Å²) in [5.74, 6) is 1.23. The molecule has 4 atom stereocenters. The molecular formula is C15H23NO2. The highest BCUT2D eigenvalue weighted by Gasteiger charge is 2.43. The Morgan fingerprint density at radius 2 is 2.17 bits per heavy atom. The number of hydrogen-bond donors (Lipinski definition) is 1. The van der Waals surface area contributed by atoms with E-state index in [1.165, 1.54) is 12.5 Å². The number of rotatable bonds is 3. The zero-order valence-corrected chi connectivity index (χ0v) is 11.4. The molecule has 1 unspecified atom stereocenters. The smallest absolute Gasteiger partial charge is 0.217 e. The molecule has 0 aromatic rings. The number of allylic oxidation sites excluding steroid dienone is 1. The molecule has 1 N–H and O–H groups in total. The summed E-state index contributed by atoms with van der Waals surface area (Å²) in [6.45, 7) is 7.67. The molecule has 0 aliphatic heterocycles. The fourth-order valence-electron chi connectivity index (χ4n) is 3.83. The standard InChI is InChI=1S/C15H23NO2/c1-4-13(16-10(3)17)15-12-6-9(2)5-11(7-12)8-14(15)18/h11-13,15H,2,4-8H2,1,3H3,(H,16,17)/t11-,12?,13+,15-/m0/s1. The summed E-state index contributed by atoms with van der Waals surface area (Å²) in [6.07, 6.45) is 4.61. The fourth-order valence-corrected chi connectivity index (χ4v) is 3.83. The number of hydrogen-bond acceptors (Lipinski definition) is 2. The summed E-state index contributed by atoms with van der Waals surface area (Å²) in [6, 6.07) is 0.00634. The average molecular weight is 249 g/mol. The van der Waals surface area contributed by atoms with Gasteiger partial charge in [-0.1, -0.05) is 19.1 Å². The zero-order chi connectivity index (χ0) is 13.3. The maximum atomic E-state index is 12.3. The second-order valence-electron chi connectivity index (χ2n) is 5.93. The third-order valence-electron chi connectivity index (χ3n) is 4.40. The van der Waals surface area contributed by atoms with Crippen LogP contribution in [0.5, 0.6) is 0 Å².